The van der Waals surface area contributed by atoms with Crippen LogP contribution in [0.2, 0.25) is 0 Å². The van der Waals surface area contributed by atoms with Crippen LogP contribution in [0.4, 0.5) is 16.2 Å². The highest BCUT2D eigenvalue weighted by molar-refractivity contribution is 5.90. The summed E-state index contributed by atoms with van der Waals surface area (Å²) < 4.78 is 10.7. The lowest BCUT2D eigenvalue weighted by atomic mass is 9.81. The predicted octanol–water partition coefficient (Wildman–Crippen LogP) is 4.78. The molecule has 1 saturated heterocycles. The first-order valence-electron chi connectivity index (χ1n) is 11.9. The molecule has 2 aliphatic heterocycles. The molecule has 35 heavy (non-hydrogen) atoms. The molecule has 182 valence electrons. The molecule has 3 atom stereocenters. The number of urea groups is 1. The molecule has 2 N–H and O–H groups in total. The summed E-state index contributed by atoms with van der Waals surface area (Å²) in [6.07, 6.45) is 0.828. The predicted molar refractivity (Wildman–Crippen MR) is 137 cm³/mol. The fraction of sp³-hybridized carbons (Fsp3) is 0.321. The Balaban J connectivity index is 1.52. The van der Waals surface area contributed by atoms with Crippen molar-refractivity contribution in [3.05, 3.63) is 72.3 Å². The van der Waals surface area contributed by atoms with Crippen LogP contribution in [0, 0.1) is 5.92 Å². The number of methoxy groups -OCH3 is 2. The van der Waals surface area contributed by atoms with Gasteiger partial charge in [0.05, 0.1) is 32.9 Å². The third kappa shape index (κ3) is 4.17. The van der Waals surface area contributed by atoms with Crippen molar-refractivity contribution in [2.24, 2.45) is 5.92 Å². The monoisotopic (exact) mass is 473 g/mol. The maximum atomic E-state index is 13.5. The Morgan fingerprint density at radius 2 is 1.71 bits per heavy atom. The summed E-state index contributed by atoms with van der Waals surface area (Å²) in [7, 11) is 5.30. The Labute approximate surface area is 205 Å². The number of benzene rings is 3. The molecule has 3 aromatic carbocycles. The fourth-order valence-corrected chi connectivity index (χ4v) is 5.56. The van der Waals surface area contributed by atoms with Gasteiger partial charge < -0.3 is 29.7 Å². The number of rotatable bonds is 5. The number of nitrogens with one attached hydrogen (secondary N) is 1. The normalized spacial score (nSPS) is 20.7. The number of nitrogens with zero attached hydrogens (tertiary/aromatic N) is 2. The molecule has 0 spiro atoms. The first-order chi connectivity index (χ1) is 17.0. The minimum Gasteiger partial charge on any atom is -0.497 e. The quantitative estimate of drug-likeness (QED) is 0.558. The zero-order valence-electron chi connectivity index (χ0n) is 20.3. The molecule has 0 aliphatic carbocycles. The molecule has 1 fully saturated rings. The summed E-state index contributed by atoms with van der Waals surface area (Å²) in [5.41, 5.74) is 4.95. The van der Waals surface area contributed by atoms with E-state index in [1.807, 2.05) is 54.4 Å². The van der Waals surface area contributed by atoms with Crippen LogP contribution < -0.4 is 19.7 Å². The van der Waals surface area contributed by atoms with Gasteiger partial charge in [0.25, 0.3) is 0 Å². The lowest BCUT2D eigenvalue weighted by molar-refractivity contribution is 0.168. The number of carbonyl (C=O) groups is 1. The molecule has 2 aliphatic rings. The van der Waals surface area contributed by atoms with Crippen LogP contribution in [-0.4, -0.2) is 56.5 Å². The zero-order valence-corrected chi connectivity index (χ0v) is 20.3. The Bertz CT molecular complexity index is 1230. The number of ether oxygens (including phenoxy) is 2. The molecule has 5 rings (SSSR count). The van der Waals surface area contributed by atoms with E-state index in [1.165, 1.54) is 0 Å². The average Bonchev–Trinajstić information content (AvgIpc) is 3.34. The molecule has 0 aromatic heterocycles. The molecule has 7 heteroatoms. The first kappa shape index (κ1) is 23.1. The van der Waals surface area contributed by atoms with E-state index in [1.54, 1.807) is 14.2 Å². The Kier molecular flexibility index (Phi) is 6.26. The standard InChI is InChI=1S/C28H31N3O4/c1-30-25-11-10-19(18-6-4-8-21(14-18)34-2)15-24(25)27-23(26(30)17-32)12-13-31(27)28(33)29-20-7-5-9-22(16-20)35-3/h4-11,14-16,23,26-27,32H,12-13,17H2,1-3H3,(H,29,33)/t23-,26+,27-/m0/s1. The van der Waals surface area contributed by atoms with E-state index in [0.717, 1.165) is 34.5 Å². The lowest BCUT2D eigenvalue weighted by Crippen LogP contribution is -2.48. The third-order valence-electron chi connectivity index (χ3n) is 7.33. The molecule has 2 amide bonds. The van der Waals surface area contributed by atoms with Crippen molar-refractivity contribution in [2.45, 2.75) is 18.5 Å². The lowest BCUT2D eigenvalue weighted by Gasteiger charge is -2.44. The minimum absolute atomic E-state index is 0.0418. The smallest absolute Gasteiger partial charge is 0.322 e. The van der Waals surface area contributed by atoms with Gasteiger partial charge in [0.15, 0.2) is 0 Å². The minimum atomic E-state index is -0.148. The van der Waals surface area contributed by atoms with Crippen LogP contribution >= 0.6 is 0 Å². The van der Waals surface area contributed by atoms with Crippen LogP contribution in [0.15, 0.2) is 66.7 Å². The highest BCUT2D eigenvalue weighted by Crippen LogP contribution is 2.49. The Morgan fingerprint density at radius 1 is 1.00 bits per heavy atom. The third-order valence-corrected chi connectivity index (χ3v) is 7.33. The maximum absolute atomic E-state index is 13.5. The van der Waals surface area contributed by atoms with Gasteiger partial charge in [-0.1, -0.05) is 24.3 Å². The topological polar surface area (TPSA) is 74.3 Å². The number of likely N-dealkylation sites (N-methyl/N-ethyl adjacent to an activating group) is 1. The van der Waals surface area contributed by atoms with Gasteiger partial charge in [0.1, 0.15) is 11.5 Å². The van der Waals surface area contributed by atoms with Gasteiger partial charge in [-0.3, -0.25) is 0 Å². The van der Waals surface area contributed by atoms with Gasteiger partial charge in [0.2, 0.25) is 0 Å². The Morgan fingerprint density at radius 3 is 2.46 bits per heavy atom. The van der Waals surface area contributed by atoms with Gasteiger partial charge >= 0.3 is 6.03 Å². The van der Waals surface area contributed by atoms with E-state index in [-0.39, 0.29) is 30.6 Å². The number of likely N-dealkylation sites (tertiary alicyclic amines) is 1. The number of amides is 2. The summed E-state index contributed by atoms with van der Waals surface area (Å²) in [5.74, 6) is 1.62. The van der Waals surface area contributed by atoms with Gasteiger partial charge in [-0.25, -0.2) is 4.79 Å². The number of hydrogen-bond donors (Lipinski definition) is 2. The van der Waals surface area contributed by atoms with Gasteiger partial charge in [-0.05, 0) is 59.5 Å². The molecule has 0 unspecified atom stereocenters. The van der Waals surface area contributed by atoms with E-state index in [0.29, 0.717) is 18.0 Å². The first-order valence-corrected chi connectivity index (χ1v) is 11.9. The zero-order chi connectivity index (χ0) is 24.5. The maximum Gasteiger partial charge on any atom is 0.322 e. The number of hydrogen-bond acceptors (Lipinski definition) is 5. The second kappa shape index (κ2) is 9.50. The largest absolute Gasteiger partial charge is 0.497 e. The SMILES string of the molecule is COc1cccc(NC(=O)N2CC[C@@H]3[C@H]2c2cc(-c4cccc(OC)c4)ccc2N(C)[C@@H]3CO)c1. The average molecular weight is 474 g/mol. The number of aliphatic hydroxyl groups excluding tert-OH is 1. The molecule has 3 aromatic rings. The van der Waals surface area contributed by atoms with Crippen LogP contribution in [-0.2, 0) is 0 Å². The van der Waals surface area contributed by atoms with E-state index >= 15 is 0 Å². The number of aliphatic hydroxyl groups is 1. The fourth-order valence-electron chi connectivity index (χ4n) is 5.56. The van der Waals surface area contributed by atoms with E-state index in [4.69, 9.17) is 9.47 Å². The van der Waals surface area contributed by atoms with Crippen molar-refractivity contribution in [1.29, 1.82) is 0 Å². The molecule has 7 nitrogen and oxygen atoms in total. The second-order valence-electron chi connectivity index (χ2n) is 9.12. The van der Waals surface area contributed by atoms with Gasteiger partial charge in [0, 0.05) is 37.0 Å². The molecular weight excluding hydrogens is 442 g/mol. The van der Waals surface area contributed by atoms with Crippen LogP contribution in [0.3, 0.4) is 0 Å². The van der Waals surface area contributed by atoms with E-state index in [2.05, 4.69) is 34.5 Å². The highest BCUT2D eigenvalue weighted by Gasteiger charge is 2.47. The van der Waals surface area contributed by atoms with Crippen LogP contribution in [0.25, 0.3) is 11.1 Å². The summed E-state index contributed by atoms with van der Waals surface area (Å²) >= 11 is 0. The summed E-state index contributed by atoms with van der Waals surface area (Å²) in [6.45, 7) is 0.665. The van der Waals surface area contributed by atoms with E-state index in [9.17, 15) is 9.90 Å². The molecule has 0 saturated carbocycles. The van der Waals surface area contributed by atoms with Gasteiger partial charge in [-0.15, -0.1) is 0 Å². The summed E-state index contributed by atoms with van der Waals surface area (Å²) in [4.78, 5) is 17.5. The van der Waals surface area contributed by atoms with Crippen molar-refractivity contribution in [2.75, 3.05) is 44.6 Å². The van der Waals surface area contributed by atoms with Crippen molar-refractivity contribution >= 4 is 17.4 Å². The Hall–Kier alpha value is -3.71. The van der Waals surface area contributed by atoms with Crippen molar-refractivity contribution in [3.63, 3.8) is 0 Å². The number of fused-ring (bicyclic) bond motifs is 3. The second-order valence-corrected chi connectivity index (χ2v) is 9.12. The highest BCUT2D eigenvalue weighted by atomic mass is 16.5. The van der Waals surface area contributed by atoms with E-state index < -0.39 is 0 Å². The molecular formula is C28H31N3O4. The van der Waals surface area contributed by atoms with Crippen LogP contribution in [0.5, 0.6) is 11.5 Å². The van der Waals surface area contributed by atoms with Gasteiger partial charge in [-0.2, -0.15) is 0 Å². The number of carbonyl (C=O) groups excluding carboxylic acids is 1. The van der Waals surface area contributed by atoms with Crippen molar-refractivity contribution in [3.8, 4) is 22.6 Å². The number of anilines is 2. The molecule has 0 radical (unpaired) electrons. The van der Waals surface area contributed by atoms with Crippen molar-refractivity contribution < 1.29 is 19.4 Å². The van der Waals surface area contributed by atoms with Crippen LogP contribution in [0.1, 0.15) is 18.0 Å². The molecule has 0 bridgehead atoms. The molecule has 2 heterocycles. The summed E-state index contributed by atoms with van der Waals surface area (Å²) in [6, 6.07) is 21.4. The summed E-state index contributed by atoms with van der Waals surface area (Å²) in [5, 5.41) is 13.3. The van der Waals surface area contributed by atoms with Crippen molar-refractivity contribution in [1.82, 2.24) is 4.90 Å².